The van der Waals surface area contributed by atoms with Crippen molar-refractivity contribution < 1.29 is 13.5 Å². The van der Waals surface area contributed by atoms with Crippen molar-refractivity contribution in [1.82, 2.24) is 9.55 Å². The van der Waals surface area contributed by atoms with E-state index in [0.29, 0.717) is 6.54 Å². The van der Waals surface area contributed by atoms with Crippen molar-refractivity contribution in [3.63, 3.8) is 0 Å². The van der Waals surface area contributed by atoms with Gasteiger partial charge in [0.05, 0.1) is 6.54 Å². The maximum absolute atomic E-state index is 12.0. The van der Waals surface area contributed by atoms with Crippen LogP contribution in [0.1, 0.15) is 19.2 Å². The Labute approximate surface area is 116 Å². The van der Waals surface area contributed by atoms with E-state index in [1.165, 1.54) is 12.1 Å². The highest BCUT2D eigenvalue weighted by Gasteiger charge is 2.04. The SMILES string of the molecule is CCCn1ccnc1CNc1ccc(OC(F)F)cc1. The van der Waals surface area contributed by atoms with Gasteiger partial charge in [0.1, 0.15) is 11.6 Å². The summed E-state index contributed by atoms with van der Waals surface area (Å²) in [6.07, 6.45) is 4.76. The molecule has 6 heteroatoms. The fourth-order valence-electron chi connectivity index (χ4n) is 1.89. The van der Waals surface area contributed by atoms with E-state index in [-0.39, 0.29) is 5.75 Å². The predicted molar refractivity (Wildman–Crippen MR) is 72.9 cm³/mol. The third kappa shape index (κ3) is 3.94. The number of nitrogens with zero attached hydrogens (tertiary/aromatic N) is 2. The van der Waals surface area contributed by atoms with Gasteiger partial charge in [-0.05, 0) is 30.7 Å². The van der Waals surface area contributed by atoms with Crippen molar-refractivity contribution in [2.45, 2.75) is 33.0 Å². The number of aromatic nitrogens is 2. The molecule has 2 rings (SSSR count). The van der Waals surface area contributed by atoms with E-state index in [4.69, 9.17) is 0 Å². The van der Waals surface area contributed by atoms with Crippen LogP contribution in [0.3, 0.4) is 0 Å². The van der Waals surface area contributed by atoms with Crippen LogP contribution >= 0.6 is 0 Å². The monoisotopic (exact) mass is 281 g/mol. The summed E-state index contributed by atoms with van der Waals surface area (Å²) in [5.41, 5.74) is 0.831. The third-order valence-corrected chi connectivity index (χ3v) is 2.80. The normalized spacial score (nSPS) is 10.8. The largest absolute Gasteiger partial charge is 0.435 e. The Hall–Kier alpha value is -2.11. The van der Waals surface area contributed by atoms with Crippen molar-refractivity contribution in [2.24, 2.45) is 0 Å². The van der Waals surface area contributed by atoms with Gasteiger partial charge in [-0.3, -0.25) is 0 Å². The Bertz CT molecular complexity index is 525. The zero-order valence-electron chi connectivity index (χ0n) is 11.2. The minimum atomic E-state index is -2.80. The molecule has 0 fully saturated rings. The third-order valence-electron chi connectivity index (χ3n) is 2.80. The minimum absolute atomic E-state index is 0.151. The molecule has 1 N–H and O–H groups in total. The van der Waals surface area contributed by atoms with Crippen molar-refractivity contribution in [2.75, 3.05) is 5.32 Å². The number of halogens is 2. The molecule has 4 nitrogen and oxygen atoms in total. The van der Waals surface area contributed by atoms with Crippen molar-refractivity contribution in [3.05, 3.63) is 42.5 Å². The molecule has 2 aromatic rings. The average Bonchev–Trinajstić information content (AvgIpc) is 2.85. The molecule has 0 aliphatic rings. The molecule has 0 radical (unpaired) electrons. The number of alkyl halides is 2. The fourth-order valence-corrected chi connectivity index (χ4v) is 1.89. The molecular formula is C14H17F2N3O. The summed E-state index contributed by atoms with van der Waals surface area (Å²) in [6.45, 7) is 0.828. The van der Waals surface area contributed by atoms with Crippen LogP contribution in [-0.4, -0.2) is 16.2 Å². The fraction of sp³-hybridized carbons (Fsp3) is 0.357. The van der Waals surface area contributed by atoms with E-state index in [2.05, 4.69) is 26.5 Å². The lowest BCUT2D eigenvalue weighted by molar-refractivity contribution is -0.0498. The van der Waals surface area contributed by atoms with Gasteiger partial charge in [-0.15, -0.1) is 0 Å². The van der Waals surface area contributed by atoms with Crippen LogP contribution in [-0.2, 0) is 13.1 Å². The number of hydrogen-bond acceptors (Lipinski definition) is 3. The number of anilines is 1. The minimum Gasteiger partial charge on any atom is -0.435 e. The zero-order valence-corrected chi connectivity index (χ0v) is 11.2. The zero-order chi connectivity index (χ0) is 14.4. The Kier molecular flexibility index (Phi) is 4.92. The lowest BCUT2D eigenvalue weighted by Gasteiger charge is -2.10. The summed E-state index contributed by atoms with van der Waals surface area (Å²) in [7, 11) is 0. The quantitative estimate of drug-likeness (QED) is 0.844. The van der Waals surface area contributed by atoms with E-state index in [1.54, 1.807) is 18.3 Å². The molecule has 0 saturated carbocycles. The lowest BCUT2D eigenvalue weighted by Crippen LogP contribution is -2.08. The number of imidazole rings is 1. The van der Waals surface area contributed by atoms with E-state index in [9.17, 15) is 8.78 Å². The molecule has 0 bridgehead atoms. The number of benzene rings is 1. The second kappa shape index (κ2) is 6.88. The first-order valence-electron chi connectivity index (χ1n) is 6.48. The molecular weight excluding hydrogens is 264 g/mol. The summed E-state index contributed by atoms with van der Waals surface area (Å²) in [5, 5.41) is 3.20. The highest BCUT2D eigenvalue weighted by atomic mass is 19.3. The van der Waals surface area contributed by atoms with Gasteiger partial charge >= 0.3 is 6.61 Å². The topological polar surface area (TPSA) is 39.1 Å². The Balaban J connectivity index is 1.92. The van der Waals surface area contributed by atoms with Gasteiger partial charge in [0, 0.05) is 24.6 Å². The van der Waals surface area contributed by atoms with Crippen LogP contribution in [0, 0.1) is 0 Å². The van der Waals surface area contributed by atoms with E-state index in [0.717, 1.165) is 24.5 Å². The summed E-state index contributed by atoms with van der Waals surface area (Å²) < 4.78 is 30.4. The van der Waals surface area contributed by atoms with E-state index >= 15 is 0 Å². The van der Waals surface area contributed by atoms with Crippen LogP contribution < -0.4 is 10.1 Å². The van der Waals surface area contributed by atoms with Crippen LogP contribution in [0.15, 0.2) is 36.7 Å². The van der Waals surface area contributed by atoms with Crippen LogP contribution in [0.4, 0.5) is 14.5 Å². The predicted octanol–water partition coefficient (Wildman–Crippen LogP) is 3.51. The van der Waals surface area contributed by atoms with Crippen molar-refractivity contribution >= 4 is 5.69 Å². The van der Waals surface area contributed by atoms with Crippen LogP contribution in [0.2, 0.25) is 0 Å². The molecule has 0 saturated heterocycles. The highest BCUT2D eigenvalue weighted by Crippen LogP contribution is 2.18. The van der Waals surface area contributed by atoms with Gasteiger partial charge in [0.2, 0.25) is 0 Å². The molecule has 0 spiro atoms. The molecule has 108 valence electrons. The second-order valence-electron chi connectivity index (χ2n) is 4.29. The summed E-state index contributed by atoms with van der Waals surface area (Å²) in [4.78, 5) is 4.28. The molecule has 1 aromatic carbocycles. The van der Waals surface area contributed by atoms with Gasteiger partial charge in [-0.25, -0.2) is 4.98 Å². The molecule has 0 aliphatic carbocycles. The summed E-state index contributed by atoms with van der Waals surface area (Å²) in [5.74, 6) is 1.10. The Morgan fingerprint density at radius 3 is 2.70 bits per heavy atom. The van der Waals surface area contributed by atoms with Gasteiger partial charge in [0.25, 0.3) is 0 Å². The van der Waals surface area contributed by atoms with Crippen LogP contribution in [0.25, 0.3) is 0 Å². The molecule has 0 amide bonds. The Morgan fingerprint density at radius 1 is 1.30 bits per heavy atom. The molecule has 0 atom stereocenters. The van der Waals surface area contributed by atoms with Gasteiger partial charge in [-0.2, -0.15) is 8.78 Å². The molecule has 0 aliphatic heterocycles. The second-order valence-corrected chi connectivity index (χ2v) is 4.29. The number of ether oxygens (including phenoxy) is 1. The highest BCUT2D eigenvalue weighted by molar-refractivity contribution is 5.46. The molecule has 1 aromatic heterocycles. The smallest absolute Gasteiger partial charge is 0.387 e. The number of aryl methyl sites for hydroxylation is 1. The molecule has 20 heavy (non-hydrogen) atoms. The average molecular weight is 281 g/mol. The van der Waals surface area contributed by atoms with Crippen LogP contribution in [0.5, 0.6) is 5.75 Å². The first kappa shape index (κ1) is 14.3. The molecule has 0 unspecified atom stereocenters. The maximum atomic E-state index is 12.0. The van der Waals surface area contributed by atoms with Gasteiger partial charge in [0.15, 0.2) is 0 Å². The summed E-state index contributed by atoms with van der Waals surface area (Å²) in [6, 6.07) is 6.41. The van der Waals surface area contributed by atoms with E-state index < -0.39 is 6.61 Å². The summed E-state index contributed by atoms with van der Waals surface area (Å²) >= 11 is 0. The number of hydrogen-bond donors (Lipinski definition) is 1. The first-order valence-corrected chi connectivity index (χ1v) is 6.48. The van der Waals surface area contributed by atoms with Crippen molar-refractivity contribution in [3.8, 4) is 5.75 Å². The maximum Gasteiger partial charge on any atom is 0.387 e. The van der Waals surface area contributed by atoms with E-state index in [1.807, 2.05) is 6.20 Å². The van der Waals surface area contributed by atoms with Gasteiger partial charge < -0.3 is 14.6 Å². The number of rotatable bonds is 7. The van der Waals surface area contributed by atoms with Gasteiger partial charge in [-0.1, -0.05) is 6.92 Å². The lowest BCUT2D eigenvalue weighted by atomic mass is 10.3. The number of nitrogens with one attached hydrogen (secondary N) is 1. The van der Waals surface area contributed by atoms with Crippen molar-refractivity contribution in [1.29, 1.82) is 0 Å². The molecule has 1 heterocycles. The Morgan fingerprint density at radius 2 is 2.05 bits per heavy atom. The standard InChI is InChI=1S/C14H17F2N3O/c1-2-8-19-9-7-17-13(19)10-18-11-3-5-12(6-4-11)20-14(15)16/h3-7,9,14,18H,2,8,10H2,1H3. The first-order chi connectivity index (χ1) is 9.69.